The van der Waals surface area contributed by atoms with Crippen molar-refractivity contribution in [2.45, 2.75) is 0 Å². The first-order chi connectivity index (χ1) is 8.54. The molecule has 0 unspecified atom stereocenters. The summed E-state index contributed by atoms with van der Waals surface area (Å²) >= 11 is 0. The van der Waals surface area contributed by atoms with Gasteiger partial charge >= 0.3 is 0 Å². The molecule has 5 heteroatoms. The first-order valence-electron chi connectivity index (χ1n) is 5.17. The van der Waals surface area contributed by atoms with Gasteiger partial charge in [0, 0.05) is 16.9 Å². The first-order valence-corrected chi connectivity index (χ1v) is 5.17. The molecule has 0 atom stereocenters. The Kier molecular flexibility index (Phi) is 3.23. The number of amides is 1. The third-order valence-electron chi connectivity index (χ3n) is 2.26. The molecule has 0 bridgehead atoms. The van der Waals surface area contributed by atoms with Crippen molar-refractivity contribution >= 4 is 17.3 Å². The van der Waals surface area contributed by atoms with Crippen LogP contribution in [0.2, 0.25) is 0 Å². The lowest BCUT2D eigenvalue weighted by Crippen LogP contribution is -2.12. The van der Waals surface area contributed by atoms with E-state index in [0.717, 1.165) is 18.2 Å². The van der Waals surface area contributed by atoms with Gasteiger partial charge < -0.3 is 11.1 Å². The molecule has 2 rings (SSSR count). The van der Waals surface area contributed by atoms with Gasteiger partial charge in [0.2, 0.25) is 0 Å². The molecule has 2 aromatic carbocycles. The molecule has 3 nitrogen and oxygen atoms in total. The van der Waals surface area contributed by atoms with E-state index in [0.29, 0.717) is 0 Å². The number of carbonyl (C=O) groups excluding carboxylic acids is 1. The van der Waals surface area contributed by atoms with Gasteiger partial charge in [-0.15, -0.1) is 0 Å². The van der Waals surface area contributed by atoms with Crippen LogP contribution in [0.15, 0.2) is 42.5 Å². The second kappa shape index (κ2) is 4.83. The summed E-state index contributed by atoms with van der Waals surface area (Å²) in [6.07, 6.45) is 0. The molecule has 0 saturated carbocycles. The van der Waals surface area contributed by atoms with Gasteiger partial charge in [-0.2, -0.15) is 0 Å². The van der Waals surface area contributed by atoms with Crippen LogP contribution in [0.1, 0.15) is 10.4 Å². The van der Waals surface area contributed by atoms with E-state index in [1.54, 1.807) is 0 Å². The van der Waals surface area contributed by atoms with Gasteiger partial charge in [0.1, 0.15) is 11.6 Å². The molecule has 0 heterocycles. The topological polar surface area (TPSA) is 55.1 Å². The van der Waals surface area contributed by atoms with E-state index in [1.165, 1.54) is 24.3 Å². The van der Waals surface area contributed by atoms with Gasteiger partial charge in [0.25, 0.3) is 5.91 Å². The molecule has 0 aromatic heterocycles. The van der Waals surface area contributed by atoms with Crippen LogP contribution in [0, 0.1) is 11.6 Å². The standard InChI is InChI=1S/C13H10F2N2O/c14-9-3-1-2-8(4-9)13(18)17-12-6-10(15)5-11(16)7-12/h1-7H,16H2,(H,17,18). The third kappa shape index (κ3) is 2.82. The number of nitrogen functional groups attached to an aromatic ring is 1. The number of rotatable bonds is 2. The highest BCUT2D eigenvalue weighted by atomic mass is 19.1. The average molecular weight is 248 g/mol. The summed E-state index contributed by atoms with van der Waals surface area (Å²) in [4.78, 5) is 11.7. The molecule has 0 saturated heterocycles. The van der Waals surface area contributed by atoms with Crippen LogP contribution < -0.4 is 11.1 Å². The van der Waals surface area contributed by atoms with Gasteiger partial charge in [-0.05, 0) is 36.4 Å². The van der Waals surface area contributed by atoms with Crippen molar-refractivity contribution in [3.05, 3.63) is 59.7 Å². The SMILES string of the molecule is Nc1cc(F)cc(NC(=O)c2cccc(F)c2)c1. The average Bonchev–Trinajstić information content (AvgIpc) is 2.27. The van der Waals surface area contributed by atoms with Crippen LogP contribution in [-0.4, -0.2) is 5.91 Å². The first kappa shape index (κ1) is 12.0. The smallest absolute Gasteiger partial charge is 0.255 e. The van der Waals surface area contributed by atoms with E-state index in [1.807, 2.05) is 0 Å². The predicted molar refractivity (Wildman–Crippen MR) is 65.2 cm³/mol. The lowest BCUT2D eigenvalue weighted by molar-refractivity contribution is 0.102. The lowest BCUT2D eigenvalue weighted by atomic mass is 10.2. The summed E-state index contributed by atoms with van der Waals surface area (Å²) in [5, 5.41) is 2.44. The Hall–Kier alpha value is -2.43. The molecule has 2 aromatic rings. The minimum Gasteiger partial charge on any atom is -0.399 e. The molecule has 0 spiro atoms. The van der Waals surface area contributed by atoms with Crippen LogP contribution in [-0.2, 0) is 0 Å². The molecule has 0 aliphatic heterocycles. The molecular weight excluding hydrogens is 238 g/mol. The van der Waals surface area contributed by atoms with Gasteiger partial charge in [-0.3, -0.25) is 4.79 Å². The molecule has 0 aliphatic carbocycles. The summed E-state index contributed by atoms with van der Waals surface area (Å²) in [6, 6.07) is 8.89. The molecule has 1 amide bonds. The van der Waals surface area contributed by atoms with Crippen molar-refractivity contribution in [1.82, 2.24) is 0 Å². The van der Waals surface area contributed by atoms with Crippen LogP contribution in [0.3, 0.4) is 0 Å². The second-order valence-corrected chi connectivity index (χ2v) is 3.74. The zero-order valence-corrected chi connectivity index (χ0v) is 9.28. The minimum atomic E-state index is -0.551. The van der Waals surface area contributed by atoms with E-state index in [4.69, 9.17) is 5.73 Å². The van der Waals surface area contributed by atoms with E-state index in [9.17, 15) is 13.6 Å². The zero-order chi connectivity index (χ0) is 13.1. The Balaban J connectivity index is 2.21. The number of hydrogen-bond donors (Lipinski definition) is 2. The van der Waals surface area contributed by atoms with Gasteiger partial charge in [-0.1, -0.05) is 6.07 Å². The second-order valence-electron chi connectivity index (χ2n) is 3.74. The van der Waals surface area contributed by atoms with Crippen molar-refractivity contribution in [3.63, 3.8) is 0 Å². The molecule has 18 heavy (non-hydrogen) atoms. The summed E-state index contributed by atoms with van der Waals surface area (Å²) in [5.41, 5.74) is 6.02. The molecular formula is C13H10F2N2O. The highest BCUT2D eigenvalue weighted by molar-refractivity contribution is 6.04. The molecule has 0 aliphatic rings. The normalized spacial score (nSPS) is 10.1. The van der Waals surface area contributed by atoms with Crippen molar-refractivity contribution in [2.24, 2.45) is 0 Å². The maximum atomic E-state index is 13.1. The maximum absolute atomic E-state index is 13.1. The number of benzene rings is 2. The fourth-order valence-corrected chi connectivity index (χ4v) is 1.52. The number of nitrogens with two attached hydrogens (primary N) is 1. The van der Waals surface area contributed by atoms with Crippen LogP contribution in [0.4, 0.5) is 20.2 Å². The minimum absolute atomic E-state index is 0.151. The quantitative estimate of drug-likeness (QED) is 0.803. The maximum Gasteiger partial charge on any atom is 0.255 e. The highest BCUT2D eigenvalue weighted by Gasteiger charge is 2.08. The molecule has 3 N–H and O–H groups in total. The Morgan fingerprint density at radius 1 is 1.06 bits per heavy atom. The highest BCUT2D eigenvalue weighted by Crippen LogP contribution is 2.16. The fraction of sp³-hybridized carbons (Fsp3) is 0. The van der Waals surface area contributed by atoms with Crippen molar-refractivity contribution in [3.8, 4) is 0 Å². The number of anilines is 2. The third-order valence-corrected chi connectivity index (χ3v) is 2.26. The molecule has 0 radical (unpaired) electrons. The summed E-state index contributed by atoms with van der Waals surface area (Å²) < 4.78 is 26.0. The van der Waals surface area contributed by atoms with Gasteiger partial charge in [0.15, 0.2) is 0 Å². The zero-order valence-electron chi connectivity index (χ0n) is 9.28. The van der Waals surface area contributed by atoms with Crippen molar-refractivity contribution in [1.29, 1.82) is 0 Å². The number of nitrogens with one attached hydrogen (secondary N) is 1. The molecule has 0 fully saturated rings. The predicted octanol–water partition coefficient (Wildman–Crippen LogP) is 2.80. The van der Waals surface area contributed by atoms with Crippen molar-refractivity contribution < 1.29 is 13.6 Å². The van der Waals surface area contributed by atoms with Crippen LogP contribution >= 0.6 is 0 Å². The Morgan fingerprint density at radius 2 is 1.83 bits per heavy atom. The monoisotopic (exact) mass is 248 g/mol. The van der Waals surface area contributed by atoms with E-state index in [-0.39, 0.29) is 16.9 Å². The van der Waals surface area contributed by atoms with Gasteiger partial charge in [-0.25, -0.2) is 8.78 Å². The largest absolute Gasteiger partial charge is 0.399 e. The number of carbonyl (C=O) groups is 1. The Bertz CT molecular complexity index is 579. The summed E-state index contributed by atoms with van der Waals surface area (Å²) in [5.74, 6) is -1.59. The Morgan fingerprint density at radius 3 is 2.50 bits per heavy atom. The summed E-state index contributed by atoms with van der Waals surface area (Å²) in [6.45, 7) is 0. The van der Waals surface area contributed by atoms with E-state index < -0.39 is 17.5 Å². The molecule has 92 valence electrons. The van der Waals surface area contributed by atoms with Crippen LogP contribution in [0.25, 0.3) is 0 Å². The number of hydrogen-bond acceptors (Lipinski definition) is 2. The number of halogens is 2. The Labute approximate surface area is 102 Å². The van der Waals surface area contributed by atoms with Crippen LogP contribution in [0.5, 0.6) is 0 Å². The summed E-state index contributed by atoms with van der Waals surface area (Å²) in [7, 11) is 0. The van der Waals surface area contributed by atoms with E-state index in [2.05, 4.69) is 5.32 Å². The van der Waals surface area contributed by atoms with Crippen molar-refractivity contribution in [2.75, 3.05) is 11.1 Å². The van der Waals surface area contributed by atoms with E-state index >= 15 is 0 Å². The van der Waals surface area contributed by atoms with Gasteiger partial charge in [0.05, 0.1) is 0 Å². The fourth-order valence-electron chi connectivity index (χ4n) is 1.52. The lowest BCUT2D eigenvalue weighted by Gasteiger charge is -2.06.